The van der Waals surface area contributed by atoms with Crippen LogP contribution in [0.5, 0.6) is 0 Å². The first-order valence-electron chi connectivity index (χ1n) is 7.28. The summed E-state index contributed by atoms with van der Waals surface area (Å²) in [6.45, 7) is 6.37. The summed E-state index contributed by atoms with van der Waals surface area (Å²) in [6, 6.07) is 0.551. The van der Waals surface area contributed by atoms with E-state index < -0.39 is 0 Å². The van der Waals surface area contributed by atoms with Crippen molar-refractivity contribution in [2.75, 3.05) is 13.1 Å². The molecule has 0 aliphatic rings. The quantitative estimate of drug-likeness (QED) is 0.502. The molecule has 0 aliphatic carbocycles. The summed E-state index contributed by atoms with van der Waals surface area (Å²) in [6.07, 6.45) is 12.2. The average molecular weight is 228 g/mol. The van der Waals surface area contributed by atoms with Crippen LogP contribution >= 0.6 is 0 Å². The first kappa shape index (κ1) is 15.9. The van der Waals surface area contributed by atoms with Crippen LogP contribution in [-0.2, 0) is 0 Å². The van der Waals surface area contributed by atoms with Gasteiger partial charge in [-0.05, 0) is 19.4 Å². The van der Waals surface area contributed by atoms with Crippen molar-refractivity contribution in [1.29, 1.82) is 0 Å². The van der Waals surface area contributed by atoms with Crippen LogP contribution in [0.4, 0.5) is 0 Å². The first-order valence-corrected chi connectivity index (χ1v) is 7.28. The zero-order valence-electron chi connectivity index (χ0n) is 11.4. The Kier molecular flexibility index (Phi) is 12.9. The lowest BCUT2D eigenvalue weighted by Crippen LogP contribution is -2.36. The van der Waals surface area contributed by atoms with Gasteiger partial charge in [0, 0.05) is 12.6 Å². The summed E-state index contributed by atoms with van der Waals surface area (Å²) in [5.41, 5.74) is 5.73. The second-order valence-corrected chi connectivity index (χ2v) is 4.80. The van der Waals surface area contributed by atoms with Crippen molar-refractivity contribution in [3.8, 4) is 0 Å². The molecule has 0 radical (unpaired) electrons. The van der Waals surface area contributed by atoms with Gasteiger partial charge in [-0.3, -0.25) is 0 Å². The highest BCUT2D eigenvalue weighted by Crippen LogP contribution is 2.09. The molecule has 2 heteroatoms. The second-order valence-electron chi connectivity index (χ2n) is 4.80. The summed E-state index contributed by atoms with van der Waals surface area (Å²) in [5, 5.41) is 3.51. The van der Waals surface area contributed by atoms with Crippen LogP contribution in [0.2, 0.25) is 0 Å². The van der Waals surface area contributed by atoms with Gasteiger partial charge in [-0.1, -0.05) is 58.8 Å². The molecule has 1 unspecified atom stereocenters. The highest BCUT2D eigenvalue weighted by molar-refractivity contribution is 4.67. The third-order valence-corrected chi connectivity index (χ3v) is 3.12. The number of hydrogen-bond acceptors (Lipinski definition) is 2. The Bertz CT molecular complexity index is 126. The van der Waals surface area contributed by atoms with E-state index in [-0.39, 0.29) is 0 Å². The summed E-state index contributed by atoms with van der Waals surface area (Å²) >= 11 is 0. The van der Waals surface area contributed by atoms with E-state index in [0.717, 1.165) is 13.1 Å². The molecule has 0 aromatic carbocycles. The number of unbranched alkanes of at least 4 members (excludes halogenated alkanes) is 6. The normalized spacial score (nSPS) is 12.9. The van der Waals surface area contributed by atoms with Gasteiger partial charge < -0.3 is 11.1 Å². The largest absolute Gasteiger partial charge is 0.329 e. The van der Waals surface area contributed by atoms with Crippen LogP contribution in [0, 0.1) is 0 Å². The molecule has 0 heterocycles. The first-order chi connectivity index (χ1) is 7.85. The minimum Gasteiger partial charge on any atom is -0.329 e. The fraction of sp³-hybridized carbons (Fsp3) is 1.00. The standard InChI is InChI=1S/C14H32N2/c1-3-5-6-7-8-9-10-11-14(13-15)16-12-4-2/h14,16H,3-13,15H2,1-2H3. The Morgan fingerprint density at radius 3 is 2.06 bits per heavy atom. The third kappa shape index (κ3) is 10.4. The van der Waals surface area contributed by atoms with Gasteiger partial charge in [0.1, 0.15) is 0 Å². The average Bonchev–Trinajstić information content (AvgIpc) is 2.32. The molecule has 2 nitrogen and oxygen atoms in total. The Labute approximate surface area is 102 Å². The highest BCUT2D eigenvalue weighted by Gasteiger charge is 2.03. The van der Waals surface area contributed by atoms with E-state index in [4.69, 9.17) is 5.73 Å². The molecule has 0 saturated heterocycles. The molecular formula is C14H32N2. The Morgan fingerprint density at radius 2 is 1.50 bits per heavy atom. The van der Waals surface area contributed by atoms with Gasteiger partial charge in [-0.15, -0.1) is 0 Å². The van der Waals surface area contributed by atoms with Crippen molar-refractivity contribution in [3.63, 3.8) is 0 Å². The maximum Gasteiger partial charge on any atom is 0.0190 e. The van der Waals surface area contributed by atoms with Crippen molar-refractivity contribution in [1.82, 2.24) is 5.32 Å². The van der Waals surface area contributed by atoms with Crippen molar-refractivity contribution in [2.45, 2.75) is 77.7 Å². The summed E-state index contributed by atoms with van der Waals surface area (Å²) in [7, 11) is 0. The Morgan fingerprint density at radius 1 is 0.875 bits per heavy atom. The molecule has 0 bridgehead atoms. The molecule has 0 rings (SSSR count). The molecule has 16 heavy (non-hydrogen) atoms. The lowest BCUT2D eigenvalue weighted by molar-refractivity contribution is 0.458. The van der Waals surface area contributed by atoms with E-state index in [2.05, 4.69) is 19.2 Å². The fourth-order valence-electron chi connectivity index (χ4n) is 2.00. The molecule has 1 atom stereocenters. The van der Waals surface area contributed by atoms with Crippen molar-refractivity contribution in [3.05, 3.63) is 0 Å². The number of nitrogens with one attached hydrogen (secondary N) is 1. The second kappa shape index (κ2) is 13.0. The van der Waals surface area contributed by atoms with E-state index in [9.17, 15) is 0 Å². The van der Waals surface area contributed by atoms with E-state index in [1.54, 1.807) is 0 Å². The monoisotopic (exact) mass is 228 g/mol. The molecule has 0 fully saturated rings. The molecule has 0 spiro atoms. The molecule has 0 amide bonds. The van der Waals surface area contributed by atoms with Crippen LogP contribution < -0.4 is 11.1 Å². The van der Waals surface area contributed by atoms with Gasteiger partial charge in [0.05, 0.1) is 0 Å². The minimum atomic E-state index is 0.551. The molecule has 0 aromatic heterocycles. The molecule has 3 N–H and O–H groups in total. The van der Waals surface area contributed by atoms with Crippen molar-refractivity contribution >= 4 is 0 Å². The van der Waals surface area contributed by atoms with Crippen LogP contribution in [0.1, 0.15) is 71.6 Å². The highest BCUT2D eigenvalue weighted by atomic mass is 14.9. The predicted octanol–water partition coefficient (Wildman–Crippen LogP) is 3.45. The van der Waals surface area contributed by atoms with E-state index in [1.165, 1.54) is 57.8 Å². The van der Waals surface area contributed by atoms with Crippen LogP contribution in [0.25, 0.3) is 0 Å². The van der Waals surface area contributed by atoms with Gasteiger partial charge >= 0.3 is 0 Å². The summed E-state index contributed by atoms with van der Waals surface area (Å²) in [5.74, 6) is 0. The van der Waals surface area contributed by atoms with Crippen LogP contribution in [0.15, 0.2) is 0 Å². The van der Waals surface area contributed by atoms with E-state index >= 15 is 0 Å². The number of rotatable bonds is 12. The minimum absolute atomic E-state index is 0.551. The summed E-state index contributed by atoms with van der Waals surface area (Å²) in [4.78, 5) is 0. The predicted molar refractivity (Wildman–Crippen MR) is 73.7 cm³/mol. The molecule has 98 valence electrons. The van der Waals surface area contributed by atoms with Gasteiger partial charge in [0.2, 0.25) is 0 Å². The van der Waals surface area contributed by atoms with Crippen molar-refractivity contribution < 1.29 is 0 Å². The maximum absolute atomic E-state index is 5.73. The SMILES string of the molecule is CCCCCCCCCC(CN)NCCC. The fourth-order valence-corrected chi connectivity index (χ4v) is 2.00. The zero-order valence-corrected chi connectivity index (χ0v) is 11.4. The number of hydrogen-bond donors (Lipinski definition) is 2. The van der Waals surface area contributed by atoms with Gasteiger partial charge in [0.25, 0.3) is 0 Å². The third-order valence-electron chi connectivity index (χ3n) is 3.12. The molecular weight excluding hydrogens is 196 g/mol. The zero-order chi connectivity index (χ0) is 12.1. The smallest absolute Gasteiger partial charge is 0.0190 e. The van der Waals surface area contributed by atoms with E-state index in [1.807, 2.05) is 0 Å². The lowest BCUT2D eigenvalue weighted by Gasteiger charge is -2.15. The maximum atomic E-state index is 5.73. The Hall–Kier alpha value is -0.0800. The van der Waals surface area contributed by atoms with E-state index in [0.29, 0.717) is 6.04 Å². The molecule has 0 saturated carbocycles. The number of nitrogens with two attached hydrogens (primary N) is 1. The van der Waals surface area contributed by atoms with Crippen molar-refractivity contribution in [2.24, 2.45) is 5.73 Å². The van der Waals surface area contributed by atoms with Crippen LogP contribution in [0.3, 0.4) is 0 Å². The van der Waals surface area contributed by atoms with Gasteiger partial charge in [0.15, 0.2) is 0 Å². The van der Waals surface area contributed by atoms with Gasteiger partial charge in [-0.25, -0.2) is 0 Å². The Balaban J connectivity index is 3.20. The lowest BCUT2D eigenvalue weighted by atomic mass is 10.1. The summed E-state index contributed by atoms with van der Waals surface area (Å²) < 4.78 is 0. The molecule has 0 aromatic rings. The van der Waals surface area contributed by atoms with Gasteiger partial charge in [-0.2, -0.15) is 0 Å². The molecule has 0 aliphatic heterocycles. The topological polar surface area (TPSA) is 38.0 Å². The van der Waals surface area contributed by atoms with Crippen LogP contribution in [-0.4, -0.2) is 19.1 Å².